The number of piperidine rings is 1. The first-order valence-electron chi connectivity index (χ1n) is 9.80. The zero-order valence-corrected chi connectivity index (χ0v) is 18.7. The highest BCUT2D eigenvalue weighted by molar-refractivity contribution is 7.13. The summed E-state index contributed by atoms with van der Waals surface area (Å²) in [5.74, 6) is 0.630. The van der Waals surface area contributed by atoms with Gasteiger partial charge in [0, 0.05) is 24.0 Å². The van der Waals surface area contributed by atoms with Crippen molar-refractivity contribution in [3.63, 3.8) is 0 Å². The quantitative estimate of drug-likeness (QED) is 0.434. The molecule has 1 aliphatic heterocycles. The predicted octanol–water partition coefficient (Wildman–Crippen LogP) is 7.15. The molecule has 29 heavy (non-hydrogen) atoms. The zero-order chi connectivity index (χ0) is 20.2. The van der Waals surface area contributed by atoms with Gasteiger partial charge >= 0.3 is 0 Å². The highest BCUT2D eigenvalue weighted by Gasteiger charge is 2.23. The van der Waals surface area contributed by atoms with Gasteiger partial charge in [-0.1, -0.05) is 53.5 Å². The lowest BCUT2D eigenvalue weighted by Gasteiger charge is -2.37. The second kappa shape index (κ2) is 9.40. The van der Waals surface area contributed by atoms with Crippen molar-refractivity contribution in [3.05, 3.63) is 69.5 Å². The molecule has 1 aromatic heterocycles. The number of rotatable bonds is 6. The van der Waals surface area contributed by atoms with Gasteiger partial charge in [-0.15, -0.1) is 11.3 Å². The molecule has 152 valence electrons. The maximum atomic E-state index is 6.43. The first-order valence-corrected chi connectivity index (χ1v) is 11.4. The van der Waals surface area contributed by atoms with Gasteiger partial charge in [0.05, 0.1) is 29.0 Å². The van der Waals surface area contributed by atoms with Crippen LogP contribution in [0.5, 0.6) is 5.75 Å². The van der Waals surface area contributed by atoms with Crippen molar-refractivity contribution in [2.45, 2.75) is 32.0 Å². The Bertz CT molecular complexity index is 944. The van der Waals surface area contributed by atoms with E-state index in [0.29, 0.717) is 15.8 Å². The van der Waals surface area contributed by atoms with Crippen LogP contribution < -0.4 is 10.1 Å². The van der Waals surface area contributed by atoms with Gasteiger partial charge in [0.1, 0.15) is 5.75 Å². The Morgan fingerprint density at radius 3 is 2.66 bits per heavy atom. The lowest BCUT2D eigenvalue weighted by atomic mass is 10.0. The Balaban J connectivity index is 1.48. The summed E-state index contributed by atoms with van der Waals surface area (Å²) in [6.45, 7) is 1.97. The standard InChI is InChI=1S/C23H24Cl2N2OS/c1-28-21-14-20(18(24)13-19(21)25)26-23-6-2-3-11-27(23)15-16-7-9-17(10-8-16)22-5-4-12-29-22/h4-5,7-10,12-14,23,26H,2-3,6,11,15H2,1H3. The van der Waals surface area contributed by atoms with Gasteiger partial charge < -0.3 is 10.1 Å². The number of hydrogen-bond donors (Lipinski definition) is 1. The summed E-state index contributed by atoms with van der Waals surface area (Å²) in [4.78, 5) is 3.79. The fraction of sp³-hybridized carbons (Fsp3) is 0.304. The minimum atomic E-state index is 0.226. The monoisotopic (exact) mass is 446 g/mol. The molecule has 0 aliphatic carbocycles. The Labute approximate surface area is 186 Å². The molecule has 1 aliphatic rings. The van der Waals surface area contributed by atoms with Gasteiger partial charge in [0.2, 0.25) is 0 Å². The summed E-state index contributed by atoms with van der Waals surface area (Å²) in [7, 11) is 1.62. The summed E-state index contributed by atoms with van der Waals surface area (Å²) in [6, 6.07) is 16.8. The van der Waals surface area contributed by atoms with Crippen LogP contribution in [0.1, 0.15) is 24.8 Å². The van der Waals surface area contributed by atoms with E-state index in [0.717, 1.165) is 25.2 Å². The van der Waals surface area contributed by atoms with E-state index >= 15 is 0 Å². The minimum absolute atomic E-state index is 0.226. The molecule has 0 amide bonds. The molecule has 3 aromatic rings. The van der Waals surface area contributed by atoms with Gasteiger partial charge in [-0.2, -0.15) is 0 Å². The predicted molar refractivity (Wildman–Crippen MR) is 124 cm³/mol. The zero-order valence-electron chi connectivity index (χ0n) is 16.3. The van der Waals surface area contributed by atoms with Crippen LogP contribution in [0.2, 0.25) is 10.0 Å². The van der Waals surface area contributed by atoms with Crippen LogP contribution in [0, 0.1) is 0 Å². The second-order valence-corrected chi connectivity index (χ2v) is 9.03. The Kier molecular flexibility index (Phi) is 6.66. The van der Waals surface area contributed by atoms with E-state index in [1.165, 1.54) is 28.8 Å². The summed E-state index contributed by atoms with van der Waals surface area (Å²) in [5.41, 5.74) is 3.45. The summed E-state index contributed by atoms with van der Waals surface area (Å²) in [6.07, 6.45) is 3.72. The van der Waals surface area contributed by atoms with Crippen molar-refractivity contribution >= 4 is 40.2 Å². The average Bonchev–Trinajstić information content (AvgIpc) is 3.27. The third-order valence-electron chi connectivity index (χ3n) is 5.32. The smallest absolute Gasteiger partial charge is 0.139 e. The van der Waals surface area contributed by atoms with Crippen molar-refractivity contribution < 1.29 is 4.74 Å². The van der Waals surface area contributed by atoms with E-state index in [1.54, 1.807) is 24.5 Å². The molecule has 2 aromatic carbocycles. The van der Waals surface area contributed by atoms with Gasteiger partial charge in [-0.05, 0) is 47.9 Å². The van der Waals surface area contributed by atoms with Crippen LogP contribution in [-0.2, 0) is 6.54 Å². The Morgan fingerprint density at radius 2 is 1.93 bits per heavy atom. The second-order valence-electron chi connectivity index (χ2n) is 7.27. The molecule has 0 saturated carbocycles. The topological polar surface area (TPSA) is 24.5 Å². The van der Waals surface area contributed by atoms with E-state index in [-0.39, 0.29) is 6.17 Å². The molecule has 1 atom stereocenters. The molecular weight excluding hydrogens is 423 g/mol. The maximum absolute atomic E-state index is 6.43. The van der Waals surface area contributed by atoms with Gasteiger partial charge in [-0.3, -0.25) is 4.90 Å². The van der Waals surface area contributed by atoms with E-state index in [9.17, 15) is 0 Å². The van der Waals surface area contributed by atoms with Crippen LogP contribution >= 0.6 is 34.5 Å². The molecule has 0 radical (unpaired) electrons. The van der Waals surface area contributed by atoms with E-state index in [4.69, 9.17) is 27.9 Å². The third kappa shape index (κ3) is 4.89. The van der Waals surface area contributed by atoms with Gasteiger partial charge in [0.25, 0.3) is 0 Å². The molecular formula is C23H24Cl2N2OS. The number of nitrogens with one attached hydrogen (secondary N) is 1. The molecule has 2 heterocycles. The summed E-state index contributed by atoms with van der Waals surface area (Å²) >= 11 is 14.4. The normalized spacial score (nSPS) is 17.3. The first-order chi connectivity index (χ1) is 14.1. The summed E-state index contributed by atoms with van der Waals surface area (Å²) < 4.78 is 5.35. The number of likely N-dealkylation sites (tertiary alicyclic amines) is 1. The van der Waals surface area contributed by atoms with Gasteiger partial charge in [-0.25, -0.2) is 0 Å². The molecule has 0 spiro atoms. The van der Waals surface area contributed by atoms with E-state index in [1.807, 2.05) is 6.07 Å². The van der Waals surface area contributed by atoms with Gasteiger partial charge in [0.15, 0.2) is 0 Å². The average molecular weight is 447 g/mol. The molecule has 0 bridgehead atoms. The molecule has 6 heteroatoms. The van der Waals surface area contributed by atoms with E-state index in [2.05, 4.69) is 52.0 Å². The van der Waals surface area contributed by atoms with Crippen LogP contribution in [0.15, 0.2) is 53.9 Å². The Morgan fingerprint density at radius 1 is 1.10 bits per heavy atom. The number of nitrogens with zero attached hydrogens (tertiary/aromatic N) is 1. The molecule has 1 N–H and O–H groups in total. The van der Waals surface area contributed by atoms with Crippen molar-refractivity contribution in [1.82, 2.24) is 4.90 Å². The molecule has 1 fully saturated rings. The molecule has 3 nitrogen and oxygen atoms in total. The van der Waals surface area contributed by atoms with Crippen molar-refractivity contribution in [3.8, 4) is 16.2 Å². The molecule has 4 rings (SSSR count). The van der Waals surface area contributed by atoms with Crippen LogP contribution in [0.4, 0.5) is 5.69 Å². The third-order valence-corrected chi connectivity index (χ3v) is 6.85. The highest BCUT2D eigenvalue weighted by Crippen LogP contribution is 2.35. The minimum Gasteiger partial charge on any atom is -0.495 e. The summed E-state index contributed by atoms with van der Waals surface area (Å²) in [5, 5.41) is 6.86. The molecule has 1 unspecified atom stereocenters. The number of ether oxygens (including phenoxy) is 1. The number of hydrogen-bond acceptors (Lipinski definition) is 4. The largest absolute Gasteiger partial charge is 0.495 e. The van der Waals surface area contributed by atoms with Crippen molar-refractivity contribution in [1.29, 1.82) is 0 Å². The van der Waals surface area contributed by atoms with E-state index < -0.39 is 0 Å². The highest BCUT2D eigenvalue weighted by atomic mass is 35.5. The van der Waals surface area contributed by atoms with Crippen molar-refractivity contribution in [2.75, 3.05) is 19.0 Å². The van der Waals surface area contributed by atoms with Crippen molar-refractivity contribution in [2.24, 2.45) is 0 Å². The Hall–Kier alpha value is -1.72. The lowest BCUT2D eigenvalue weighted by molar-refractivity contribution is 0.158. The van der Waals surface area contributed by atoms with Crippen LogP contribution in [0.25, 0.3) is 10.4 Å². The number of thiophene rings is 1. The molecule has 1 saturated heterocycles. The fourth-order valence-electron chi connectivity index (χ4n) is 3.77. The number of methoxy groups -OCH3 is 1. The van der Waals surface area contributed by atoms with Crippen LogP contribution in [-0.4, -0.2) is 24.7 Å². The lowest BCUT2D eigenvalue weighted by Crippen LogP contribution is -2.43. The number of benzene rings is 2. The fourth-order valence-corrected chi connectivity index (χ4v) is 5.02. The number of halogens is 2. The first kappa shape index (κ1) is 20.5. The van der Waals surface area contributed by atoms with Crippen LogP contribution in [0.3, 0.4) is 0 Å². The number of anilines is 1. The SMILES string of the molecule is COc1cc(NC2CCCCN2Cc2ccc(-c3cccs3)cc2)c(Cl)cc1Cl. The maximum Gasteiger partial charge on any atom is 0.139 e.